The highest BCUT2D eigenvalue weighted by Crippen LogP contribution is 2.21. The second-order valence-corrected chi connectivity index (χ2v) is 4.36. The largest absolute Gasteiger partial charge is 0.282 e. The fourth-order valence-electron chi connectivity index (χ4n) is 1.58. The molecule has 0 spiro atoms. The van der Waals surface area contributed by atoms with Crippen LogP contribution in [0, 0.1) is 0 Å². The van der Waals surface area contributed by atoms with Crippen LogP contribution in [-0.2, 0) is 4.79 Å². The van der Waals surface area contributed by atoms with Crippen LogP contribution in [0.5, 0.6) is 0 Å². The normalized spacial score (nSPS) is 17.2. The van der Waals surface area contributed by atoms with E-state index in [4.69, 9.17) is 0 Å². The number of carbonyl (C=O) groups excluding carboxylic acids is 1. The minimum atomic E-state index is -0.107. The Morgan fingerprint density at radius 3 is 2.94 bits per heavy atom. The number of rotatable bonds is 3. The van der Waals surface area contributed by atoms with Crippen molar-refractivity contribution in [2.45, 2.75) is 0 Å². The van der Waals surface area contributed by atoms with Gasteiger partial charge in [-0.15, -0.1) is 6.58 Å². The Labute approximate surface area is 110 Å². The number of amides is 1. The van der Waals surface area contributed by atoms with Crippen molar-refractivity contribution in [3.05, 3.63) is 48.4 Å². The number of thioether (sulfide) groups is 1. The first-order valence-corrected chi connectivity index (χ1v) is 6.67. The molecule has 0 fully saturated rings. The summed E-state index contributed by atoms with van der Waals surface area (Å²) in [5, 5.41) is 0.696. The molecule has 1 aliphatic rings. The van der Waals surface area contributed by atoms with E-state index >= 15 is 0 Å². The van der Waals surface area contributed by atoms with Gasteiger partial charge in [0.1, 0.15) is 5.70 Å². The van der Waals surface area contributed by atoms with Crippen LogP contribution in [0.25, 0.3) is 6.08 Å². The van der Waals surface area contributed by atoms with Gasteiger partial charge in [-0.3, -0.25) is 14.7 Å². The zero-order valence-corrected chi connectivity index (χ0v) is 10.9. The first-order chi connectivity index (χ1) is 8.76. The molecule has 92 valence electrons. The number of carbonyl (C=O) groups is 1. The lowest BCUT2D eigenvalue weighted by Gasteiger charge is -2.13. The molecule has 18 heavy (non-hydrogen) atoms. The van der Waals surface area contributed by atoms with Crippen molar-refractivity contribution in [3.8, 4) is 0 Å². The van der Waals surface area contributed by atoms with Gasteiger partial charge in [0, 0.05) is 12.7 Å². The van der Waals surface area contributed by atoms with Gasteiger partial charge >= 0.3 is 0 Å². The molecule has 0 saturated carbocycles. The number of amidine groups is 1. The molecule has 1 aromatic rings. The Hall–Kier alpha value is -1.88. The Balaban J connectivity index is 2.31. The number of nitrogens with zero attached hydrogens (tertiary/aromatic N) is 3. The van der Waals surface area contributed by atoms with Crippen LogP contribution in [0.4, 0.5) is 0 Å². The summed E-state index contributed by atoms with van der Waals surface area (Å²) in [6.07, 6.45) is 6.97. The van der Waals surface area contributed by atoms with Gasteiger partial charge in [0.25, 0.3) is 5.91 Å². The summed E-state index contributed by atoms with van der Waals surface area (Å²) in [5.41, 5.74) is 1.14. The molecule has 2 heterocycles. The van der Waals surface area contributed by atoms with Crippen molar-refractivity contribution in [3.63, 3.8) is 0 Å². The van der Waals surface area contributed by atoms with Gasteiger partial charge in [0.2, 0.25) is 0 Å². The molecule has 5 heteroatoms. The summed E-state index contributed by atoms with van der Waals surface area (Å²) in [6, 6.07) is 5.54. The fourth-order valence-corrected chi connectivity index (χ4v) is 2.15. The van der Waals surface area contributed by atoms with Crippen molar-refractivity contribution < 1.29 is 4.79 Å². The highest BCUT2D eigenvalue weighted by molar-refractivity contribution is 8.13. The third-order valence-electron chi connectivity index (χ3n) is 2.38. The molecule has 1 aromatic heterocycles. The van der Waals surface area contributed by atoms with Crippen LogP contribution < -0.4 is 0 Å². The monoisotopic (exact) mass is 259 g/mol. The van der Waals surface area contributed by atoms with Crippen LogP contribution in [0.15, 0.2) is 47.7 Å². The van der Waals surface area contributed by atoms with Gasteiger partial charge in [-0.05, 0) is 24.5 Å². The van der Waals surface area contributed by atoms with Gasteiger partial charge in [-0.25, -0.2) is 4.99 Å². The zero-order chi connectivity index (χ0) is 13.0. The average Bonchev–Trinajstić information content (AvgIpc) is 2.69. The van der Waals surface area contributed by atoms with Crippen LogP contribution in [0.3, 0.4) is 0 Å². The van der Waals surface area contributed by atoms with Gasteiger partial charge in [0.05, 0.1) is 5.69 Å². The van der Waals surface area contributed by atoms with Crippen molar-refractivity contribution in [2.24, 2.45) is 4.99 Å². The third-order valence-corrected chi connectivity index (χ3v) is 3.05. The molecule has 0 atom stereocenters. The maximum atomic E-state index is 12.1. The Morgan fingerprint density at radius 2 is 2.33 bits per heavy atom. The predicted molar refractivity (Wildman–Crippen MR) is 75.1 cm³/mol. The van der Waals surface area contributed by atoms with Crippen LogP contribution in [0.2, 0.25) is 0 Å². The molecule has 0 aromatic carbocycles. The lowest BCUT2D eigenvalue weighted by molar-refractivity contribution is -0.122. The molecular formula is C13H13N3OS. The standard InChI is InChI=1S/C13H13N3OS/c1-3-8-16-12(17)11(15-13(16)18-2)9-10-6-4-5-7-14-10/h3-7,9H,1,8H2,2H3/b11-9-. The Morgan fingerprint density at radius 1 is 1.50 bits per heavy atom. The lowest BCUT2D eigenvalue weighted by atomic mass is 10.3. The Kier molecular flexibility index (Phi) is 3.94. The molecule has 1 amide bonds. The summed E-state index contributed by atoms with van der Waals surface area (Å²) >= 11 is 1.44. The van der Waals surface area contributed by atoms with E-state index in [9.17, 15) is 4.79 Å². The quantitative estimate of drug-likeness (QED) is 0.617. The summed E-state index contributed by atoms with van der Waals surface area (Å²) in [4.78, 5) is 22.2. The molecule has 0 N–H and O–H groups in total. The Bertz CT molecular complexity index is 522. The SMILES string of the molecule is C=CCN1C(=O)/C(=C/c2ccccn2)N=C1SC. The van der Waals surface area contributed by atoms with E-state index < -0.39 is 0 Å². The van der Waals surface area contributed by atoms with E-state index in [1.165, 1.54) is 11.8 Å². The van der Waals surface area contributed by atoms with Crippen LogP contribution >= 0.6 is 11.8 Å². The summed E-state index contributed by atoms with van der Waals surface area (Å²) < 4.78 is 0. The van der Waals surface area contributed by atoms with E-state index in [1.54, 1.807) is 23.2 Å². The van der Waals surface area contributed by atoms with E-state index in [2.05, 4.69) is 16.6 Å². The molecule has 0 aliphatic carbocycles. The van der Waals surface area contributed by atoms with E-state index in [0.29, 0.717) is 17.4 Å². The molecule has 0 saturated heterocycles. The lowest BCUT2D eigenvalue weighted by Crippen LogP contribution is -2.30. The molecule has 1 aliphatic heterocycles. The molecule has 0 bridgehead atoms. The molecular weight excluding hydrogens is 246 g/mol. The smallest absolute Gasteiger partial charge is 0.278 e. The molecule has 4 nitrogen and oxygen atoms in total. The molecule has 0 radical (unpaired) electrons. The highest BCUT2D eigenvalue weighted by atomic mass is 32.2. The van der Waals surface area contributed by atoms with Gasteiger partial charge in [0.15, 0.2) is 5.17 Å². The minimum absolute atomic E-state index is 0.107. The number of hydrogen-bond donors (Lipinski definition) is 0. The van der Waals surface area contributed by atoms with E-state index in [-0.39, 0.29) is 5.91 Å². The maximum absolute atomic E-state index is 12.1. The minimum Gasteiger partial charge on any atom is -0.282 e. The second kappa shape index (κ2) is 5.64. The fraction of sp³-hybridized carbons (Fsp3) is 0.154. The number of hydrogen-bond acceptors (Lipinski definition) is 4. The van der Waals surface area contributed by atoms with Crippen molar-refractivity contribution in [1.29, 1.82) is 0 Å². The topological polar surface area (TPSA) is 45.6 Å². The van der Waals surface area contributed by atoms with Crippen molar-refractivity contribution in [1.82, 2.24) is 9.88 Å². The first kappa shape index (κ1) is 12.6. The van der Waals surface area contributed by atoms with Crippen molar-refractivity contribution >= 4 is 28.9 Å². The first-order valence-electron chi connectivity index (χ1n) is 5.44. The highest BCUT2D eigenvalue weighted by Gasteiger charge is 2.28. The van der Waals surface area contributed by atoms with Crippen LogP contribution in [-0.4, -0.2) is 33.8 Å². The number of aromatic nitrogens is 1. The maximum Gasteiger partial charge on any atom is 0.278 e. The van der Waals surface area contributed by atoms with Gasteiger partial charge < -0.3 is 0 Å². The molecule has 0 unspecified atom stereocenters. The number of aliphatic imine (C=N–C) groups is 1. The van der Waals surface area contributed by atoms with Gasteiger partial charge in [-0.2, -0.15) is 0 Å². The third kappa shape index (κ3) is 2.51. The van der Waals surface area contributed by atoms with E-state index in [1.807, 2.05) is 24.5 Å². The van der Waals surface area contributed by atoms with Crippen molar-refractivity contribution in [2.75, 3.05) is 12.8 Å². The number of pyridine rings is 1. The summed E-state index contributed by atoms with van der Waals surface area (Å²) in [7, 11) is 0. The predicted octanol–water partition coefficient (Wildman–Crippen LogP) is 2.17. The second-order valence-electron chi connectivity index (χ2n) is 3.59. The average molecular weight is 259 g/mol. The van der Waals surface area contributed by atoms with Gasteiger partial charge in [-0.1, -0.05) is 23.9 Å². The zero-order valence-electron chi connectivity index (χ0n) is 10.0. The summed E-state index contributed by atoms with van der Waals surface area (Å²) in [6.45, 7) is 4.12. The summed E-state index contributed by atoms with van der Waals surface area (Å²) in [5.74, 6) is -0.107. The van der Waals surface area contributed by atoms with Crippen LogP contribution in [0.1, 0.15) is 5.69 Å². The molecule has 2 rings (SSSR count). The van der Waals surface area contributed by atoms with E-state index in [0.717, 1.165) is 5.69 Å².